The number of aromatic hydroxyl groups is 1. The predicted octanol–water partition coefficient (Wildman–Crippen LogP) is -1.44. The van der Waals surface area contributed by atoms with Crippen LogP contribution in [0.3, 0.4) is 0 Å². The molecule has 6 amide bonds. The third-order valence-electron chi connectivity index (χ3n) is 6.43. The summed E-state index contributed by atoms with van der Waals surface area (Å²) in [6.45, 7) is 1.50. The number of rotatable bonds is 7. The minimum atomic E-state index is -1.42. The first-order valence-corrected chi connectivity index (χ1v) is 12.6. The van der Waals surface area contributed by atoms with E-state index in [0.29, 0.717) is 11.4 Å². The van der Waals surface area contributed by atoms with Crippen LogP contribution in [0, 0.1) is 0 Å². The summed E-state index contributed by atoms with van der Waals surface area (Å²) in [5.41, 5.74) is 0.0614. The number of aliphatic hydroxyl groups is 1. The number of carboxylic acid groups (broad SMARTS) is 1. The highest BCUT2D eigenvalue weighted by molar-refractivity contribution is 8.00. The van der Waals surface area contributed by atoms with Crippen molar-refractivity contribution < 1.29 is 44.1 Å². The molecule has 3 atom stereocenters. The third-order valence-corrected chi connectivity index (χ3v) is 7.77. The molecule has 14 nitrogen and oxygen atoms in total. The number of urea groups is 1. The van der Waals surface area contributed by atoms with Crippen molar-refractivity contribution in [1.82, 2.24) is 25.3 Å². The number of nitrogens with one attached hydrogen (secondary N) is 2. The number of likely N-dealkylation sites (N-methyl/N-ethyl adjacent to an activating group) is 1. The molecule has 0 spiro atoms. The van der Waals surface area contributed by atoms with Crippen LogP contribution in [0.1, 0.15) is 18.5 Å². The number of carbonyl (C=O) groups excluding carboxylic acids is 5. The Bertz CT molecular complexity index is 1230. The third kappa shape index (κ3) is 4.77. The molecule has 0 aliphatic carbocycles. The van der Waals surface area contributed by atoms with Crippen molar-refractivity contribution in [2.75, 3.05) is 32.0 Å². The maximum absolute atomic E-state index is 13.3. The smallest absolute Gasteiger partial charge is 0.352 e. The highest BCUT2D eigenvalue weighted by Gasteiger charge is 2.54. The van der Waals surface area contributed by atoms with E-state index in [4.69, 9.17) is 0 Å². The second kappa shape index (κ2) is 10.7. The molecule has 0 bridgehead atoms. The van der Waals surface area contributed by atoms with Crippen LogP contribution in [0.15, 0.2) is 35.5 Å². The van der Waals surface area contributed by atoms with Crippen molar-refractivity contribution in [3.63, 3.8) is 0 Å². The maximum Gasteiger partial charge on any atom is 0.352 e. The zero-order valence-corrected chi connectivity index (χ0v) is 20.9. The van der Waals surface area contributed by atoms with Gasteiger partial charge in [-0.15, -0.1) is 11.8 Å². The Kier molecular flexibility index (Phi) is 7.59. The number of carbonyl (C=O) groups is 6. The van der Waals surface area contributed by atoms with E-state index in [2.05, 4.69) is 10.6 Å². The number of phenols is 1. The minimum absolute atomic E-state index is 0.0829. The summed E-state index contributed by atoms with van der Waals surface area (Å²) in [7, 11) is 0. The van der Waals surface area contributed by atoms with Gasteiger partial charge in [-0.2, -0.15) is 0 Å². The molecule has 2 fully saturated rings. The summed E-state index contributed by atoms with van der Waals surface area (Å²) in [5.74, 6) is -4.78. The first-order valence-electron chi connectivity index (χ1n) is 11.6. The number of amides is 6. The molecule has 15 heteroatoms. The molecular formula is C23H25N5O9S. The van der Waals surface area contributed by atoms with Crippen molar-refractivity contribution in [3.8, 4) is 5.75 Å². The molecule has 3 heterocycles. The number of carboxylic acids is 1. The number of hydrogen-bond donors (Lipinski definition) is 5. The number of phenolic OH excluding ortho intramolecular Hbond substituents is 1. The summed E-state index contributed by atoms with van der Waals surface area (Å²) >= 11 is 1.16. The molecule has 2 saturated heterocycles. The van der Waals surface area contributed by atoms with E-state index in [0.717, 1.165) is 16.7 Å². The van der Waals surface area contributed by atoms with Crippen molar-refractivity contribution >= 4 is 47.4 Å². The largest absolute Gasteiger partial charge is 0.508 e. The van der Waals surface area contributed by atoms with Gasteiger partial charge in [-0.3, -0.25) is 29.0 Å². The first kappa shape index (κ1) is 26.9. The number of thioether (sulfide) groups is 1. The fraction of sp³-hybridized carbons (Fsp3) is 0.391. The van der Waals surface area contributed by atoms with E-state index in [1.54, 1.807) is 6.92 Å². The van der Waals surface area contributed by atoms with Crippen molar-refractivity contribution in [1.29, 1.82) is 0 Å². The summed E-state index contributed by atoms with van der Waals surface area (Å²) in [6.07, 6.45) is 0. The second-order valence-electron chi connectivity index (χ2n) is 8.63. The van der Waals surface area contributed by atoms with Gasteiger partial charge in [0.25, 0.3) is 5.91 Å². The second-order valence-corrected chi connectivity index (χ2v) is 9.73. The fourth-order valence-electron chi connectivity index (χ4n) is 4.38. The molecule has 38 heavy (non-hydrogen) atoms. The number of imide groups is 1. The van der Waals surface area contributed by atoms with Gasteiger partial charge in [0.1, 0.15) is 28.9 Å². The summed E-state index contributed by atoms with van der Waals surface area (Å²) < 4.78 is 0. The van der Waals surface area contributed by atoms with Gasteiger partial charge in [0.05, 0.1) is 6.61 Å². The van der Waals surface area contributed by atoms with Gasteiger partial charge in [-0.05, 0) is 30.2 Å². The number of benzene rings is 1. The molecule has 0 aromatic heterocycles. The van der Waals surface area contributed by atoms with Gasteiger partial charge in [-0.25, -0.2) is 9.59 Å². The van der Waals surface area contributed by atoms with Crippen molar-refractivity contribution in [2.45, 2.75) is 24.4 Å². The van der Waals surface area contributed by atoms with Gasteiger partial charge in [0.2, 0.25) is 5.91 Å². The Balaban J connectivity index is 1.53. The fourth-order valence-corrected chi connectivity index (χ4v) is 5.72. The van der Waals surface area contributed by atoms with Crippen LogP contribution in [0.2, 0.25) is 0 Å². The molecule has 1 aromatic rings. The lowest BCUT2D eigenvalue weighted by atomic mass is 10.0. The summed E-state index contributed by atoms with van der Waals surface area (Å²) in [4.78, 5) is 78.5. The average molecular weight is 548 g/mol. The normalized spacial score (nSPS) is 22.1. The lowest BCUT2D eigenvalue weighted by molar-refractivity contribution is -0.153. The predicted molar refractivity (Wildman–Crippen MR) is 130 cm³/mol. The maximum atomic E-state index is 13.3. The number of aliphatic hydroxyl groups excluding tert-OH is 1. The summed E-state index contributed by atoms with van der Waals surface area (Å²) in [6, 6.07) is 1.76. The lowest BCUT2D eigenvalue weighted by Crippen LogP contribution is -2.71. The number of hydrogen-bond acceptors (Lipinski definition) is 9. The topological polar surface area (TPSA) is 197 Å². The van der Waals surface area contributed by atoms with Crippen LogP contribution in [-0.4, -0.2) is 109 Å². The molecule has 3 aliphatic heterocycles. The Hall–Kier alpha value is -4.11. The molecule has 0 saturated carbocycles. The van der Waals surface area contributed by atoms with E-state index in [1.807, 2.05) is 0 Å². The molecule has 3 unspecified atom stereocenters. The van der Waals surface area contributed by atoms with E-state index in [-0.39, 0.29) is 41.4 Å². The van der Waals surface area contributed by atoms with Gasteiger partial charge in [-0.1, -0.05) is 12.1 Å². The molecule has 202 valence electrons. The van der Waals surface area contributed by atoms with Gasteiger partial charge < -0.3 is 30.9 Å². The number of aliphatic carboxylic acids is 1. The van der Waals surface area contributed by atoms with Crippen LogP contribution < -0.4 is 10.6 Å². The Morgan fingerprint density at radius 3 is 2.39 bits per heavy atom. The SMILES string of the molecule is CCN1CCN(C(=O)NC(C(=O)NC2C(=O)N3C(C(=O)O)=C(CO)CSC23)c2ccc(O)cc2)C(=O)C1=O. The highest BCUT2D eigenvalue weighted by Crippen LogP contribution is 2.40. The number of β-lactam (4-membered cyclic amide) rings is 1. The first-order chi connectivity index (χ1) is 18.1. The quantitative estimate of drug-likeness (QED) is 0.199. The Morgan fingerprint density at radius 2 is 1.79 bits per heavy atom. The van der Waals surface area contributed by atoms with Crippen LogP contribution >= 0.6 is 11.8 Å². The van der Waals surface area contributed by atoms with E-state index in [9.17, 15) is 44.1 Å². The van der Waals surface area contributed by atoms with Gasteiger partial charge in [0, 0.05) is 25.4 Å². The average Bonchev–Trinajstić information content (AvgIpc) is 2.91. The van der Waals surface area contributed by atoms with Gasteiger partial charge in [0.15, 0.2) is 0 Å². The minimum Gasteiger partial charge on any atom is -0.508 e. The molecule has 0 radical (unpaired) electrons. The molecule has 3 aliphatic rings. The molecule has 5 N–H and O–H groups in total. The summed E-state index contributed by atoms with van der Waals surface area (Å²) in [5, 5.41) is 32.8. The zero-order valence-electron chi connectivity index (χ0n) is 20.1. The number of piperazine rings is 1. The Morgan fingerprint density at radius 1 is 1.11 bits per heavy atom. The van der Waals surface area contributed by atoms with Gasteiger partial charge >= 0.3 is 23.8 Å². The lowest BCUT2D eigenvalue weighted by Gasteiger charge is -2.49. The van der Waals surface area contributed by atoms with Crippen LogP contribution in [-0.2, 0) is 24.0 Å². The number of nitrogens with zero attached hydrogens (tertiary/aromatic N) is 3. The van der Waals surface area contributed by atoms with Crippen LogP contribution in [0.5, 0.6) is 5.75 Å². The number of fused-ring (bicyclic) bond motifs is 1. The molecule has 1 aromatic carbocycles. The molecule has 4 rings (SSSR count). The monoisotopic (exact) mass is 547 g/mol. The van der Waals surface area contributed by atoms with Crippen LogP contribution in [0.25, 0.3) is 0 Å². The zero-order chi connectivity index (χ0) is 27.7. The van der Waals surface area contributed by atoms with E-state index >= 15 is 0 Å². The van der Waals surface area contributed by atoms with Crippen molar-refractivity contribution in [3.05, 3.63) is 41.1 Å². The Labute approximate surface area is 220 Å². The van der Waals surface area contributed by atoms with E-state index in [1.165, 1.54) is 29.2 Å². The highest BCUT2D eigenvalue weighted by atomic mass is 32.2. The standard InChI is InChI=1S/C23H25N5O9S/c1-2-26-7-8-27(20(34)19(26)33)23(37)25-14(11-3-5-13(30)6-4-11)17(31)24-15-18(32)28-16(22(35)36)12(9-29)10-38-21(15)28/h3-6,14-15,21,29-30H,2,7-10H2,1H3,(H,24,31)(H,25,37)(H,35,36). The molecular weight excluding hydrogens is 522 g/mol. The van der Waals surface area contributed by atoms with Crippen LogP contribution in [0.4, 0.5) is 4.79 Å². The van der Waals surface area contributed by atoms with E-state index < -0.39 is 59.7 Å². The van der Waals surface area contributed by atoms with Crippen molar-refractivity contribution in [2.24, 2.45) is 0 Å².